The van der Waals surface area contributed by atoms with Crippen molar-refractivity contribution in [1.29, 1.82) is 0 Å². The highest BCUT2D eigenvalue weighted by molar-refractivity contribution is 6.96. The molecule has 4 nitrogen and oxygen atoms in total. The Kier molecular flexibility index (Phi) is 10.7. The Hall–Kier alpha value is -0.462. The molecule has 0 aliphatic rings. The van der Waals surface area contributed by atoms with Gasteiger partial charge in [-0.3, -0.25) is 0 Å². The molecule has 0 fully saturated rings. The van der Waals surface area contributed by atoms with Gasteiger partial charge < -0.3 is 18.1 Å². The third-order valence-electron chi connectivity index (χ3n) is 5.27. The molecule has 0 unspecified atom stereocenters. The zero-order chi connectivity index (χ0) is 23.9. The summed E-state index contributed by atoms with van der Waals surface area (Å²) in [6.07, 6.45) is 3.46. The molecule has 180 valence electrons. The fourth-order valence-corrected chi connectivity index (χ4v) is 29.4. The van der Waals surface area contributed by atoms with Crippen molar-refractivity contribution < 1.29 is 22.5 Å². The van der Waals surface area contributed by atoms with E-state index in [1.54, 1.807) is 6.07 Å². The van der Waals surface area contributed by atoms with Gasteiger partial charge in [-0.1, -0.05) is 38.9 Å². The largest absolute Gasteiger partial charge is 0.505 e. The van der Waals surface area contributed by atoms with Crippen LogP contribution in [-0.2, 0) is 8.23 Å². The molecule has 0 amide bonds. The van der Waals surface area contributed by atoms with Gasteiger partial charge in [0.25, 0.3) is 0 Å². The topological polar surface area (TPSA) is 47.9 Å². The molecule has 0 aromatic heterocycles. The van der Waals surface area contributed by atoms with Crippen molar-refractivity contribution in [3.8, 4) is 11.5 Å². The van der Waals surface area contributed by atoms with Crippen LogP contribution in [0.5, 0.6) is 11.5 Å². The van der Waals surface area contributed by atoms with Gasteiger partial charge in [-0.2, -0.15) is 0 Å². The maximum absolute atomic E-state index is 13.4. The van der Waals surface area contributed by atoms with E-state index in [9.17, 15) is 9.50 Å². The standard InChI is InChI=1S/C22H45FO4Si4/c1-10-11-16-28(2,3)19-30(6,7)27-31(8,9)26-29(4,5)17-12-15-25-20-13-14-22(24)21(23)18-20/h13-14,18,24H,10-12,15-17,19H2,1-9H3. The Morgan fingerprint density at radius 1 is 0.871 bits per heavy atom. The van der Waals surface area contributed by atoms with Gasteiger partial charge in [0, 0.05) is 14.1 Å². The van der Waals surface area contributed by atoms with Crippen LogP contribution in [0.15, 0.2) is 18.2 Å². The minimum absolute atomic E-state index is 0.357. The second-order valence-corrected chi connectivity index (χ2v) is 29.3. The Balaban J connectivity index is 2.53. The fourth-order valence-electron chi connectivity index (χ4n) is 4.60. The van der Waals surface area contributed by atoms with Gasteiger partial charge in [0.1, 0.15) is 5.75 Å². The van der Waals surface area contributed by atoms with Gasteiger partial charge in [0.2, 0.25) is 0 Å². The number of halogens is 1. The first-order valence-electron chi connectivity index (χ1n) is 11.6. The summed E-state index contributed by atoms with van der Waals surface area (Å²) in [5.41, 5.74) is 1.29. The number of benzene rings is 1. The first kappa shape index (κ1) is 28.6. The maximum Gasteiger partial charge on any atom is 0.311 e. The normalized spacial score (nSPS) is 13.5. The van der Waals surface area contributed by atoms with Gasteiger partial charge in [-0.05, 0) is 69.5 Å². The van der Waals surface area contributed by atoms with Gasteiger partial charge >= 0.3 is 8.56 Å². The van der Waals surface area contributed by atoms with Crippen LogP contribution >= 0.6 is 0 Å². The van der Waals surface area contributed by atoms with Gasteiger partial charge in [-0.15, -0.1) is 0 Å². The van der Waals surface area contributed by atoms with E-state index >= 15 is 0 Å². The molecule has 1 N–H and O–H groups in total. The van der Waals surface area contributed by atoms with E-state index in [2.05, 4.69) is 59.3 Å². The van der Waals surface area contributed by atoms with E-state index in [0.717, 1.165) is 12.5 Å². The van der Waals surface area contributed by atoms with Crippen LogP contribution in [0, 0.1) is 5.82 Å². The predicted molar refractivity (Wildman–Crippen MR) is 140 cm³/mol. The second-order valence-electron chi connectivity index (χ2n) is 11.1. The molecule has 1 rings (SSSR count). The highest BCUT2D eigenvalue weighted by Gasteiger charge is 2.41. The van der Waals surface area contributed by atoms with Crippen molar-refractivity contribution in [2.45, 2.75) is 96.3 Å². The molecule has 31 heavy (non-hydrogen) atoms. The van der Waals surface area contributed by atoms with Crippen molar-refractivity contribution in [3.05, 3.63) is 24.0 Å². The summed E-state index contributed by atoms with van der Waals surface area (Å²) in [5, 5.41) is 9.27. The fraction of sp³-hybridized carbons (Fsp3) is 0.727. The molecule has 0 saturated heterocycles. The van der Waals surface area contributed by atoms with Crippen molar-refractivity contribution in [1.82, 2.24) is 0 Å². The van der Waals surface area contributed by atoms with Crippen molar-refractivity contribution >= 4 is 33.3 Å². The lowest BCUT2D eigenvalue weighted by Gasteiger charge is -2.41. The van der Waals surface area contributed by atoms with E-state index in [4.69, 9.17) is 13.0 Å². The molecule has 0 aliphatic carbocycles. The van der Waals surface area contributed by atoms with Crippen molar-refractivity contribution in [3.63, 3.8) is 0 Å². The van der Waals surface area contributed by atoms with E-state index in [0.29, 0.717) is 12.4 Å². The van der Waals surface area contributed by atoms with Gasteiger partial charge in [0.15, 0.2) is 28.2 Å². The number of ether oxygens (including phenoxy) is 1. The first-order valence-corrected chi connectivity index (χ1v) is 24.0. The average Bonchev–Trinajstić information content (AvgIpc) is 2.56. The number of phenolic OH excluding ortho intramolecular Hbond substituents is 1. The number of hydrogen-bond donors (Lipinski definition) is 1. The Labute approximate surface area is 194 Å². The maximum atomic E-state index is 13.4. The summed E-state index contributed by atoms with van der Waals surface area (Å²) in [6, 6.07) is 6.47. The Bertz CT molecular complexity index is 696. The molecule has 9 heteroatoms. The highest BCUT2D eigenvalue weighted by atomic mass is 28.5. The molecule has 0 radical (unpaired) electrons. The van der Waals surface area contributed by atoms with E-state index in [1.807, 2.05) is 0 Å². The van der Waals surface area contributed by atoms with E-state index in [-0.39, 0.29) is 5.75 Å². The second kappa shape index (κ2) is 11.6. The molecule has 0 bridgehead atoms. The minimum atomic E-state index is -2.22. The molecular weight excluding hydrogens is 460 g/mol. The number of hydrogen-bond acceptors (Lipinski definition) is 4. The lowest BCUT2D eigenvalue weighted by molar-refractivity contribution is 0.310. The summed E-state index contributed by atoms with van der Waals surface area (Å²) >= 11 is 0. The molecule has 0 atom stereocenters. The highest BCUT2D eigenvalue weighted by Crippen LogP contribution is 2.30. The summed E-state index contributed by atoms with van der Waals surface area (Å²) in [6.45, 7) is 21.4. The molecule has 1 aromatic rings. The SMILES string of the molecule is CCCC[Si](C)(C)C[Si](C)(C)O[Si](C)(C)O[Si](C)(C)CCCOc1ccc(O)c(F)c1. The van der Waals surface area contributed by atoms with E-state index < -0.39 is 39.1 Å². The Morgan fingerprint density at radius 3 is 2.06 bits per heavy atom. The minimum Gasteiger partial charge on any atom is -0.505 e. The van der Waals surface area contributed by atoms with Crippen LogP contribution in [0.2, 0.25) is 70.1 Å². The molecule has 1 aromatic carbocycles. The van der Waals surface area contributed by atoms with Crippen LogP contribution in [-0.4, -0.2) is 45.0 Å². The molecule has 0 spiro atoms. The van der Waals surface area contributed by atoms with Gasteiger partial charge in [-0.25, -0.2) is 4.39 Å². The number of aromatic hydroxyl groups is 1. The third kappa shape index (κ3) is 11.8. The smallest absolute Gasteiger partial charge is 0.311 e. The van der Waals surface area contributed by atoms with Crippen LogP contribution in [0.1, 0.15) is 26.2 Å². The zero-order valence-electron chi connectivity index (χ0n) is 21.2. The molecule has 0 aliphatic heterocycles. The number of phenols is 1. The Morgan fingerprint density at radius 2 is 1.48 bits per heavy atom. The molecule has 0 heterocycles. The number of rotatable bonds is 14. The lowest BCUT2D eigenvalue weighted by Crippen LogP contribution is -2.54. The zero-order valence-corrected chi connectivity index (χ0v) is 25.2. The van der Waals surface area contributed by atoms with Crippen molar-refractivity contribution in [2.75, 3.05) is 6.61 Å². The number of unbranched alkanes of at least 4 members (excludes halogenated alkanes) is 1. The van der Waals surface area contributed by atoms with Gasteiger partial charge in [0.05, 0.1) is 6.61 Å². The predicted octanol–water partition coefficient (Wildman–Crippen LogP) is 7.49. The van der Waals surface area contributed by atoms with Crippen LogP contribution in [0.4, 0.5) is 4.39 Å². The van der Waals surface area contributed by atoms with Crippen molar-refractivity contribution in [2.24, 2.45) is 0 Å². The van der Waals surface area contributed by atoms with E-state index in [1.165, 1.54) is 36.7 Å². The van der Waals surface area contributed by atoms with Crippen LogP contribution < -0.4 is 4.74 Å². The monoisotopic (exact) mass is 504 g/mol. The summed E-state index contributed by atoms with van der Waals surface area (Å²) in [4.78, 5) is 0. The summed E-state index contributed by atoms with van der Waals surface area (Å²) in [5.74, 6) is -0.575. The van der Waals surface area contributed by atoms with Crippen LogP contribution in [0.3, 0.4) is 0 Å². The first-order chi connectivity index (χ1) is 14.1. The molecular formula is C22H45FO4Si4. The lowest BCUT2D eigenvalue weighted by atomic mass is 10.3. The molecule has 0 saturated carbocycles. The average molecular weight is 505 g/mol. The van der Waals surface area contributed by atoms with Crippen LogP contribution in [0.25, 0.3) is 0 Å². The third-order valence-corrected chi connectivity index (χ3v) is 24.1. The quantitative estimate of drug-likeness (QED) is 0.210. The summed E-state index contributed by atoms with van der Waals surface area (Å²) < 4.78 is 32.6. The summed E-state index contributed by atoms with van der Waals surface area (Å²) in [7, 11) is -7.12.